The van der Waals surface area contributed by atoms with E-state index in [-0.39, 0.29) is 18.3 Å². The number of rotatable bonds is 14. The number of aliphatic hydroxyl groups excluding tert-OH is 1. The molecule has 0 aliphatic heterocycles. The number of nitrogens with one attached hydrogen (secondary N) is 3. The second-order valence-corrected chi connectivity index (χ2v) is 8.53. The molecular formula is C20H36N4O8. The third kappa shape index (κ3) is 10.5. The van der Waals surface area contributed by atoms with Crippen molar-refractivity contribution in [3.8, 4) is 0 Å². The minimum Gasteiger partial charge on any atom is -0.481 e. The van der Waals surface area contributed by atoms with E-state index in [0.717, 1.165) is 0 Å². The lowest BCUT2D eigenvalue weighted by molar-refractivity contribution is -0.144. The van der Waals surface area contributed by atoms with Crippen LogP contribution in [0.5, 0.6) is 0 Å². The Hall–Kier alpha value is -2.73. The maximum Gasteiger partial charge on any atom is 0.326 e. The van der Waals surface area contributed by atoms with Crippen LogP contribution in [-0.4, -0.2) is 75.3 Å². The first kappa shape index (κ1) is 29.3. The Morgan fingerprint density at radius 1 is 0.812 bits per heavy atom. The largest absolute Gasteiger partial charge is 0.481 e. The Labute approximate surface area is 187 Å². The van der Waals surface area contributed by atoms with Crippen LogP contribution in [0, 0.1) is 11.8 Å². The van der Waals surface area contributed by atoms with E-state index in [1.807, 2.05) is 13.8 Å². The summed E-state index contributed by atoms with van der Waals surface area (Å²) in [5, 5.41) is 34.9. The molecule has 12 nitrogen and oxygen atoms in total. The van der Waals surface area contributed by atoms with Gasteiger partial charge in [-0.25, -0.2) is 4.79 Å². The van der Waals surface area contributed by atoms with E-state index < -0.39 is 66.4 Å². The molecule has 0 aliphatic carbocycles. The molecule has 0 spiro atoms. The van der Waals surface area contributed by atoms with Gasteiger partial charge >= 0.3 is 11.9 Å². The molecule has 0 saturated carbocycles. The molecule has 0 fully saturated rings. The zero-order valence-electron chi connectivity index (χ0n) is 19.1. The summed E-state index contributed by atoms with van der Waals surface area (Å²) in [6.07, 6.45) is -1.88. The Morgan fingerprint density at radius 2 is 1.31 bits per heavy atom. The first-order chi connectivity index (χ1) is 14.7. The summed E-state index contributed by atoms with van der Waals surface area (Å²) in [7, 11) is 0. The number of hydrogen-bond donors (Lipinski definition) is 7. The van der Waals surface area contributed by atoms with Crippen LogP contribution in [-0.2, 0) is 24.0 Å². The van der Waals surface area contributed by atoms with Crippen LogP contribution in [0.3, 0.4) is 0 Å². The Morgan fingerprint density at radius 3 is 1.72 bits per heavy atom. The predicted octanol–water partition coefficient (Wildman–Crippen LogP) is -1.20. The lowest BCUT2D eigenvalue weighted by atomic mass is 9.99. The van der Waals surface area contributed by atoms with Crippen LogP contribution in [0.25, 0.3) is 0 Å². The third-order valence-electron chi connectivity index (χ3n) is 4.63. The van der Waals surface area contributed by atoms with Crippen LogP contribution >= 0.6 is 0 Å². The van der Waals surface area contributed by atoms with Crippen LogP contribution in [0.4, 0.5) is 0 Å². The number of hydrogen-bond acceptors (Lipinski definition) is 7. The van der Waals surface area contributed by atoms with E-state index >= 15 is 0 Å². The molecule has 0 aliphatic rings. The molecule has 32 heavy (non-hydrogen) atoms. The van der Waals surface area contributed by atoms with Crippen molar-refractivity contribution in [3.63, 3.8) is 0 Å². The number of carboxylic acid groups (broad SMARTS) is 2. The molecule has 5 unspecified atom stereocenters. The number of amides is 3. The number of aliphatic hydroxyl groups is 1. The van der Waals surface area contributed by atoms with Crippen molar-refractivity contribution in [2.45, 2.75) is 84.2 Å². The van der Waals surface area contributed by atoms with Gasteiger partial charge in [0.25, 0.3) is 0 Å². The summed E-state index contributed by atoms with van der Waals surface area (Å²) < 4.78 is 0. The zero-order valence-corrected chi connectivity index (χ0v) is 19.1. The maximum absolute atomic E-state index is 12.8. The fraction of sp³-hybridized carbons (Fsp3) is 0.750. The highest BCUT2D eigenvalue weighted by Crippen LogP contribution is 2.08. The van der Waals surface area contributed by atoms with Crippen LogP contribution < -0.4 is 21.7 Å². The Bertz CT molecular complexity index is 681. The fourth-order valence-corrected chi connectivity index (χ4v) is 2.85. The molecular weight excluding hydrogens is 424 g/mol. The fourth-order valence-electron chi connectivity index (χ4n) is 2.85. The third-order valence-corrected chi connectivity index (χ3v) is 4.63. The summed E-state index contributed by atoms with van der Waals surface area (Å²) >= 11 is 0. The molecule has 5 atom stereocenters. The van der Waals surface area contributed by atoms with Gasteiger partial charge < -0.3 is 37.0 Å². The number of carbonyl (C=O) groups is 5. The molecule has 0 bridgehead atoms. The van der Waals surface area contributed by atoms with Gasteiger partial charge in [-0.1, -0.05) is 27.7 Å². The van der Waals surface area contributed by atoms with E-state index in [9.17, 15) is 34.2 Å². The quantitative estimate of drug-likeness (QED) is 0.166. The van der Waals surface area contributed by atoms with Crippen molar-refractivity contribution >= 4 is 29.7 Å². The summed E-state index contributed by atoms with van der Waals surface area (Å²) in [4.78, 5) is 59.6. The molecule has 0 aromatic rings. The highest BCUT2D eigenvalue weighted by Gasteiger charge is 2.33. The Balaban J connectivity index is 5.34. The molecule has 0 radical (unpaired) electrons. The second kappa shape index (κ2) is 13.6. The molecule has 0 aromatic heterocycles. The average Bonchev–Trinajstić information content (AvgIpc) is 2.65. The molecule has 0 aromatic carbocycles. The first-order valence-corrected chi connectivity index (χ1v) is 10.5. The van der Waals surface area contributed by atoms with E-state index in [4.69, 9.17) is 10.8 Å². The number of carboxylic acids is 2. The zero-order chi connectivity index (χ0) is 25.2. The molecule has 0 rings (SSSR count). The number of carbonyl (C=O) groups excluding carboxylic acids is 3. The SMILES string of the molecule is CC(C)CC(N)C(=O)NC(C(=O)NC(C(=O)NC(CCC(=O)O)C(=O)O)C(C)O)C(C)C. The van der Waals surface area contributed by atoms with Gasteiger partial charge in [0.1, 0.15) is 18.1 Å². The van der Waals surface area contributed by atoms with Crippen molar-refractivity contribution < 1.29 is 39.3 Å². The molecule has 0 saturated heterocycles. The summed E-state index contributed by atoms with van der Waals surface area (Å²) in [6, 6.07) is -4.94. The van der Waals surface area contributed by atoms with Gasteiger partial charge in [0.2, 0.25) is 17.7 Å². The lowest BCUT2D eigenvalue weighted by Crippen LogP contribution is -2.60. The van der Waals surface area contributed by atoms with Crippen molar-refractivity contribution in [3.05, 3.63) is 0 Å². The summed E-state index contributed by atoms with van der Waals surface area (Å²) in [6.45, 7) is 8.35. The minimum atomic E-state index is -1.53. The van der Waals surface area contributed by atoms with Gasteiger partial charge in [0.15, 0.2) is 0 Å². The van der Waals surface area contributed by atoms with Crippen molar-refractivity contribution in [1.82, 2.24) is 16.0 Å². The molecule has 3 amide bonds. The molecule has 12 heteroatoms. The summed E-state index contributed by atoms with van der Waals surface area (Å²) in [5.41, 5.74) is 5.85. The van der Waals surface area contributed by atoms with Crippen LogP contribution in [0.15, 0.2) is 0 Å². The van der Waals surface area contributed by atoms with Crippen molar-refractivity contribution in [2.75, 3.05) is 0 Å². The number of aliphatic carboxylic acids is 2. The van der Waals surface area contributed by atoms with E-state index in [2.05, 4.69) is 16.0 Å². The van der Waals surface area contributed by atoms with Gasteiger partial charge in [-0.15, -0.1) is 0 Å². The van der Waals surface area contributed by atoms with Crippen molar-refractivity contribution in [2.24, 2.45) is 17.6 Å². The summed E-state index contributed by atoms with van der Waals surface area (Å²) in [5.74, 6) is -5.22. The van der Waals surface area contributed by atoms with Crippen molar-refractivity contribution in [1.29, 1.82) is 0 Å². The second-order valence-electron chi connectivity index (χ2n) is 8.53. The van der Waals surface area contributed by atoms with Gasteiger partial charge in [0.05, 0.1) is 12.1 Å². The topological polar surface area (TPSA) is 208 Å². The molecule has 8 N–H and O–H groups in total. The van der Waals surface area contributed by atoms with E-state index in [1.165, 1.54) is 6.92 Å². The van der Waals surface area contributed by atoms with Crippen LogP contribution in [0.1, 0.15) is 53.9 Å². The highest BCUT2D eigenvalue weighted by atomic mass is 16.4. The normalized spacial score (nSPS) is 15.9. The van der Waals surface area contributed by atoms with Gasteiger partial charge in [-0.2, -0.15) is 0 Å². The lowest BCUT2D eigenvalue weighted by Gasteiger charge is -2.28. The average molecular weight is 461 g/mol. The number of nitrogens with two attached hydrogens (primary N) is 1. The molecule has 0 heterocycles. The molecule has 184 valence electrons. The van der Waals surface area contributed by atoms with E-state index in [1.54, 1.807) is 13.8 Å². The first-order valence-electron chi connectivity index (χ1n) is 10.5. The standard InChI is InChI=1S/C20H36N4O8/c1-9(2)8-12(21)17(28)23-15(10(3)4)18(29)24-16(11(5)25)19(30)22-13(20(31)32)6-7-14(26)27/h9-13,15-16,25H,6-8,21H2,1-5H3,(H,22,30)(H,23,28)(H,24,29)(H,26,27)(H,31,32). The maximum atomic E-state index is 12.8. The minimum absolute atomic E-state index is 0.161. The van der Waals surface area contributed by atoms with Crippen LogP contribution in [0.2, 0.25) is 0 Å². The smallest absolute Gasteiger partial charge is 0.326 e. The monoisotopic (exact) mass is 460 g/mol. The predicted molar refractivity (Wildman–Crippen MR) is 114 cm³/mol. The van der Waals surface area contributed by atoms with Gasteiger partial charge in [-0.3, -0.25) is 19.2 Å². The van der Waals surface area contributed by atoms with Gasteiger partial charge in [0, 0.05) is 6.42 Å². The van der Waals surface area contributed by atoms with Gasteiger partial charge in [-0.05, 0) is 31.6 Å². The highest BCUT2D eigenvalue weighted by molar-refractivity contribution is 5.94. The van der Waals surface area contributed by atoms with E-state index in [0.29, 0.717) is 6.42 Å². The Kier molecular flexibility index (Phi) is 12.5.